The van der Waals surface area contributed by atoms with E-state index < -0.39 is 5.67 Å². The monoisotopic (exact) mass is 533 g/mol. The van der Waals surface area contributed by atoms with Gasteiger partial charge in [-0.3, -0.25) is 5.43 Å². The number of nitrogens with one attached hydrogen (secondary N) is 2. The number of hydrogen-bond donors (Lipinski definition) is 4. The second-order valence-electron chi connectivity index (χ2n) is 14.1. The van der Waals surface area contributed by atoms with Crippen LogP contribution in [0, 0.1) is 29.6 Å². The first-order chi connectivity index (χ1) is 18.1. The number of likely N-dealkylation sites (tertiary alicyclic amines) is 1. The Labute approximate surface area is 231 Å². The largest absolute Gasteiger partial charge is 0.391 e. The standard InChI is InChI=1S/C31H56FN5O/c1-7-9-23-28-24(8-2)36(19(4)22-17-34-30(31(5,6)32)18(3)29(22)33)15-14-26(28)37(35-23)25-13-12-21(16-27(25)38)20-10-11-20/h18,20-30,34-35,38H,4,7-17,33H2,1-3,5-6H3. The summed E-state index contributed by atoms with van der Waals surface area (Å²) in [5.41, 5.74) is 10.6. The predicted molar refractivity (Wildman–Crippen MR) is 153 cm³/mol. The molecular formula is C31H56FN5O. The molecule has 0 aromatic heterocycles. The van der Waals surface area contributed by atoms with E-state index in [1.54, 1.807) is 13.8 Å². The molecule has 5 fully saturated rings. The van der Waals surface area contributed by atoms with Crippen LogP contribution >= 0.6 is 0 Å². The number of nitrogens with two attached hydrogens (primary N) is 1. The van der Waals surface area contributed by atoms with Crippen LogP contribution < -0.4 is 16.5 Å². The highest BCUT2D eigenvalue weighted by molar-refractivity contribution is 5.16. The molecule has 11 unspecified atom stereocenters. The van der Waals surface area contributed by atoms with Gasteiger partial charge in [-0.05, 0) is 83.0 Å². The van der Waals surface area contributed by atoms with Crippen molar-refractivity contribution in [1.82, 2.24) is 20.7 Å². The van der Waals surface area contributed by atoms with Crippen LogP contribution in [0.1, 0.15) is 92.4 Å². The van der Waals surface area contributed by atoms with Crippen LogP contribution in [0.25, 0.3) is 0 Å². The average Bonchev–Trinajstić information content (AvgIpc) is 3.66. The molecule has 3 aliphatic heterocycles. The maximum Gasteiger partial charge on any atom is 0.121 e. The Bertz CT molecular complexity index is 830. The van der Waals surface area contributed by atoms with Crippen LogP contribution in [0.3, 0.4) is 0 Å². The number of hydrogen-bond acceptors (Lipinski definition) is 6. The Hall–Kier alpha value is -0.730. The van der Waals surface area contributed by atoms with Crippen molar-refractivity contribution >= 4 is 0 Å². The van der Waals surface area contributed by atoms with Crippen molar-refractivity contribution in [3.63, 3.8) is 0 Å². The van der Waals surface area contributed by atoms with Gasteiger partial charge in [0, 0.05) is 60.8 Å². The SMILES string of the molecule is C=C(C1CNC(C(C)(C)F)C(C)C1N)N1CCC2C(C(CCC)NN2C2CCC(C3CC3)CC2O)C1CC. The number of alkyl halides is 1. The Morgan fingerprint density at radius 1 is 1.11 bits per heavy atom. The number of fused-ring (bicyclic) bond motifs is 1. The van der Waals surface area contributed by atoms with Crippen LogP contribution in [0.15, 0.2) is 12.3 Å². The summed E-state index contributed by atoms with van der Waals surface area (Å²) in [5.74, 6) is 2.26. The van der Waals surface area contributed by atoms with Crippen LogP contribution in [0.5, 0.6) is 0 Å². The van der Waals surface area contributed by atoms with E-state index in [1.165, 1.54) is 19.3 Å². The number of piperidine rings is 2. The highest BCUT2D eigenvalue weighted by atomic mass is 19.1. The van der Waals surface area contributed by atoms with Crippen molar-refractivity contribution in [2.24, 2.45) is 35.3 Å². The molecule has 3 heterocycles. The van der Waals surface area contributed by atoms with E-state index in [4.69, 9.17) is 5.73 Å². The van der Waals surface area contributed by atoms with Crippen molar-refractivity contribution < 1.29 is 9.50 Å². The lowest BCUT2D eigenvalue weighted by atomic mass is 9.73. The molecule has 0 radical (unpaired) electrons. The summed E-state index contributed by atoms with van der Waals surface area (Å²) in [6.07, 6.45) is 10.3. The van der Waals surface area contributed by atoms with E-state index in [9.17, 15) is 9.50 Å². The average molecular weight is 534 g/mol. The quantitative estimate of drug-likeness (QED) is 0.375. The van der Waals surface area contributed by atoms with Crippen LogP contribution in [0.4, 0.5) is 4.39 Å². The zero-order valence-corrected chi connectivity index (χ0v) is 24.7. The fourth-order valence-corrected chi connectivity index (χ4v) is 9.15. The molecule has 6 nitrogen and oxygen atoms in total. The molecule has 2 aliphatic carbocycles. The minimum absolute atomic E-state index is 0.0341. The van der Waals surface area contributed by atoms with Crippen LogP contribution in [0.2, 0.25) is 0 Å². The second-order valence-corrected chi connectivity index (χ2v) is 14.1. The normalized spacial score (nSPS) is 44.7. The van der Waals surface area contributed by atoms with Crippen LogP contribution in [-0.4, -0.2) is 76.1 Å². The molecule has 5 rings (SSSR count). The lowest BCUT2D eigenvalue weighted by Gasteiger charge is -2.52. The summed E-state index contributed by atoms with van der Waals surface area (Å²) in [6.45, 7) is 16.3. The first-order valence-corrected chi connectivity index (χ1v) is 15.9. The molecule has 3 saturated heterocycles. The summed E-state index contributed by atoms with van der Waals surface area (Å²) >= 11 is 0. The number of aliphatic hydroxyl groups excluding tert-OH is 1. The third kappa shape index (κ3) is 5.32. The minimum Gasteiger partial charge on any atom is -0.391 e. The summed E-state index contributed by atoms with van der Waals surface area (Å²) < 4.78 is 14.9. The van der Waals surface area contributed by atoms with Crippen molar-refractivity contribution in [2.45, 2.75) is 140 Å². The molecule has 218 valence electrons. The topological polar surface area (TPSA) is 76.8 Å². The fourth-order valence-electron chi connectivity index (χ4n) is 9.15. The van der Waals surface area contributed by atoms with Crippen LogP contribution in [-0.2, 0) is 0 Å². The van der Waals surface area contributed by atoms with Gasteiger partial charge in [0.15, 0.2) is 0 Å². The lowest BCUT2D eigenvalue weighted by Crippen LogP contribution is -2.64. The summed E-state index contributed by atoms with van der Waals surface area (Å²) in [4.78, 5) is 2.58. The van der Waals surface area contributed by atoms with Gasteiger partial charge in [0.25, 0.3) is 0 Å². The summed E-state index contributed by atoms with van der Waals surface area (Å²) in [6, 6.07) is 1.15. The van der Waals surface area contributed by atoms with E-state index in [-0.39, 0.29) is 36.1 Å². The number of rotatable bonds is 8. The third-order valence-electron chi connectivity index (χ3n) is 11.3. The number of hydrazine groups is 1. The molecule has 38 heavy (non-hydrogen) atoms. The van der Waals surface area contributed by atoms with E-state index in [0.717, 1.165) is 62.6 Å². The van der Waals surface area contributed by atoms with Gasteiger partial charge in [-0.15, -0.1) is 0 Å². The minimum atomic E-state index is -1.30. The highest BCUT2D eigenvalue weighted by Crippen LogP contribution is 2.47. The maximum atomic E-state index is 14.9. The zero-order chi connectivity index (χ0) is 27.4. The molecule has 0 bridgehead atoms. The molecular weight excluding hydrogens is 477 g/mol. The molecule has 0 spiro atoms. The molecule has 5 aliphatic rings. The first kappa shape index (κ1) is 28.8. The van der Waals surface area contributed by atoms with E-state index in [1.807, 2.05) is 0 Å². The van der Waals surface area contributed by atoms with Gasteiger partial charge in [0.1, 0.15) is 5.67 Å². The van der Waals surface area contributed by atoms with Gasteiger partial charge in [0.05, 0.1) is 12.1 Å². The number of halogens is 1. The van der Waals surface area contributed by atoms with Gasteiger partial charge in [-0.25, -0.2) is 9.40 Å². The Balaban J connectivity index is 1.31. The van der Waals surface area contributed by atoms with Crippen molar-refractivity contribution in [2.75, 3.05) is 13.1 Å². The van der Waals surface area contributed by atoms with Crippen molar-refractivity contribution in [3.05, 3.63) is 12.3 Å². The fraction of sp³-hybridized carbons (Fsp3) is 0.935. The highest BCUT2D eigenvalue weighted by Gasteiger charge is 2.54. The van der Waals surface area contributed by atoms with E-state index in [0.29, 0.717) is 30.6 Å². The number of nitrogens with zero attached hydrogens (tertiary/aromatic N) is 2. The van der Waals surface area contributed by atoms with Gasteiger partial charge in [-0.2, -0.15) is 0 Å². The molecule has 0 aromatic carbocycles. The lowest BCUT2D eigenvalue weighted by molar-refractivity contribution is -0.0450. The predicted octanol–water partition coefficient (Wildman–Crippen LogP) is 4.20. The van der Waals surface area contributed by atoms with E-state index in [2.05, 4.69) is 48.0 Å². The molecule has 11 atom stereocenters. The Morgan fingerprint density at radius 2 is 1.82 bits per heavy atom. The molecule has 2 saturated carbocycles. The van der Waals surface area contributed by atoms with Gasteiger partial charge >= 0.3 is 0 Å². The van der Waals surface area contributed by atoms with Gasteiger partial charge in [-0.1, -0.05) is 33.8 Å². The van der Waals surface area contributed by atoms with Crippen molar-refractivity contribution in [3.8, 4) is 0 Å². The Kier molecular flexibility index (Phi) is 8.54. The first-order valence-electron chi connectivity index (χ1n) is 15.9. The van der Waals surface area contributed by atoms with Crippen molar-refractivity contribution in [1.29, 1.82) is 0 Å². The summed E-state index contributed by atoms with van der Waals surface area (Å²) in [7, 11) is 0. The zero-order valence-electron chi connectivity index (χ0n) is 24.7. The number of aliphatic hydroxyl groups is 1. The molecule has 5 N–H and O–H groups in total. The second kappa shape index (κ2) is 11.3. The third-order valence-corrected chi connectivity index (χ3v) is 11.3. The van der Waals surface area contributed by atoms with E-state index >= 15 is 0 Å². The van der Waals surface area contributed by atoms with Gasteiger partial charge < -0.3 is 21.1 Å². The molecule has 0 aromatic rings. The molecule has 7 heteroatoms. The summed E-state index contributed by atoms with van der Waals surface area (Å²) in [5, 5.41) is 17.3. The Morgan fingerprint density at radius 3 is 2.42 bits per heavy atom. The smallest absolute Gasteiger partial charge is 0.121 e. The maximum absolute atomic E-state index is 14.9. The molecule has 0 amide bonds. The van der Waals surface area contributed by atoms with Gasteiger partial charge in [0.2, 0.25) is 0 Å².